The number of amides is 1. The first-order valence-electron chi connectivity index (χ1n) is 10.9. The molecule has 1 fully saturated rings. The molecule has 0 N–H and O–H groups in total. The lowest BCUT2D eigenvalue weighted by molar-refractivity contribution is -0.132. The zero-order valence-electron chi connectivity index (χ0n) is 19.6. The summed E-state index contributed by atoms with van der Waals surface area (Å²) in [5, 5.41) is 7.94. The highest BCUT2D eigenvalue weighted by molar-refractivity contribution is 7.92. The molecule has 1 saturated heterocycles. The van der Waals surface area contributed by atoms with E-state index < -0.39 is 20.3 Å². The largest absolute Gasteiger partial charge is 0.497 e. The molecule has 0 unspecified atom stereocenters. The Labute approximate surface area is 197 Å². The molecule has 2 aromatic heterocycles. The standard InChI is InChI=1S/C22H28N6O5S/c1-22(2,3)34(31,32)19-10-9-18-23-27(21(30)28(18)24-19)15-20(29)26-13-11-25(12-14-26)16-5-7-17(33-4)8-6-16/h5-10H,11-15H2,1-4H3. The number of fused-ring (bicyclic) bond motifs is 1. The van der Waals surface area contributed by atoms with E-state index in [1.165, 1.54) is 12.1 Å². The molecule has 0 aliphatic carbocycles. The van der Waals surface area contributed by atoms with Crippen molar-refractivity contribution in [1.82, 2.24) is 24.3 Å². The fraction of sp³-hybridized carbons (Fsp3) is 0.455. The van der Waals surface area contributed by atoms with E-state index in [2.05, 4.69) is 15.1 Å². The monoisotopic (exact) mass is 488 g/mol. The maximum atomic E-state index is 12.8. The zero-order chi connectivity index (χ0) is 24.7. The molecule has 1 amide bonds. The van der Waals surface area contributed by atoms with Gasteiger partial charge in [0.15, 0.2) is 10.7 Å². The number of anilines is 1. The Morgan fingerprint density at radius 2 is 1.65 bits per heavy atom. The highest BCUT2D eigenvalue weighted by Gasteiger charge is 2.33. The predicted molar refractivity (Wildman–Crippen MR) is 126 cm³/mol. The highest BCUT2D eigenvalue weighted by Crippen LogP contribution is 2.23. The molecule has 4 rings (SSSR count). The van der Waals surface area contributed by atoms with Crippen LogP contribution in [0.3, 0.4) is 0 Å². The van der Waals surface area contributed by atoms with Crippen LogP contribution in [0, 0.1) is 0 Å². The van der Waals surface area contributed by atoms with Gasteiger partial charge in [0.25, 0.3) is 0 Å². The van der Waals surface area contributed by atoms with Crippen molar-refractivity contribution in [2.24, 2.45) is 0 Å². The molecule has 0 bridgehead atoms. The van der Waals surface area contributed by atoms with Crippen LogP contribution in [0.15, 0.2) is 46.2 Å². The number of piperazine rings is 1. The zero-order valence-corrected chi connectivity index (χ0v) is 20.4. The van der Waals surface area contributed by atoms with Crippen molar-refractivity contribution in [2.75, 3.05) is 38.2 Å². The van der Waals surface area contributed by atoms with Crippen LogP contribution in [0.4, 0.5) is 5.69 Å². The highest BCUT2D eigenvalue weighted by atomic mass is 32.2. The van der Waals surface area contributed by atoms with Crippen LogP contribution in [0.2, 0.25) is 0 Å². The Kier molecular flexibility index (Phi) is 6.11. The molecule has 3 heterocycles. The summed E-state index contributed by atoms with van der Waals surface area (Å²) in [6, 6.07) is 10.5. The van der Waals surface area contributed by atoms with Crippen molar-refractivity contribution in [3.05, 3.63) is 46.9 Å². The van der Waals surface area contributed by atoms with Crippen LogP contribution >= 0.6 is 0 Å². The number of nitrogens with zero attached hydrogens (tertiary/aromatic N) is 6. The first kappa shape index (κ1) is 23.7. The molecular weight excluding hydrogens is 460 g/mol. The molecule has 1 aromatic carbocycles. The molecule has 1 aliphatic heterocycles. The third-order valence-corrected chi connectivity index (χ3v) is 8.23. The van der Waals surface area contributed by atoms with Gasteiger partial charge in [0.1, 0.15) is 12.3 Å². The number of hydrogen-bond donors (Lipinski definition) is 0. The summed E-state index contributed by atoms with van der Waals surface area (Å²) < 4.78 is 31.4. The molecule has 0 atom stereocenters. The number of sulfone groups is 1. The lowest BCUT2D eigenvalue weighted by Gasteiger charge is -2.36. The number of benzene rings is 1. The van der Waals surface area contributed by atoms with Crippen LogP contribution in [0.25, 0.3) is 5.65 Å². The Bertz CT molecular complexity index is 1360. The number of methoxy groups -OCH3 is 1. The van der Waals surface area contributed by atoms with Gasteiger partial charge in [-0.2, -0.15) is 4.52 Å². The van der Waals surface area contributed by atoms with Crippen LogP contribution in [-0.4, -0.2) is 76.7 Å². The Morgan fingerprint density at radius 1 is 1.00 bits per heavy atom. The Hall–Kier alpha value is -3.41. The minimum absolute atomic E-state index is 0.176. The summed E-state index contributed by atoms with van der Waals surface area (Å²) in [6.07, 6.45) is 0. The number of carbonyl (C=O) groups excluding carboxylic acids is 1. The maximum absolute atomic E-state index is 12.8. The van der Waals surface area contributed by atoms with Crippen LogP contribution in [-0.2, 0) is 21.2 Å². The van der Waals surface area contributed by atoms with Gasteiger partial charge in [-0.1, -0.05) is 0 Å². The van der Waals surface area contributed by atoms with E-state index in [9.17, 15) is 18.0 Å². The van der Waals surface area contributed by atoms with Crippen LogP contribution in [0.1, 0.15) is 20.8 Å². The topological polar surface area (TPSA) is 119 Å². The van der Waals surface area contributed by atoms with Crippen LogP contribution in [0.5, 0.6) is 5.75 Å². The number of carbonyl (C=O) groups is 1. The van der Waals surface area contributed by atoms with E-state index in [0.717, 1.165) is 20.6 Å². The molecule has 1 aliphatic rings. The van der Waals surface area contributed by atoms with Crippen molar-refractivity contribution in [2.45, 2.75) is 37.1 Å². The number of ether oxygens (including phenoxy) is 1. The minimum Gasteiger partial charge on any atom is -0.497 e. The molecule has 12 heteroatoms. The molecule has 182 valence electrons. The number of aromatic nitrogens is 4. The minimum atomic E-state index is -3.74. The van der Waals surface area contributed by atoms with Gasteiger partial charge in [-0.3, -0.25) is 4.79 Å². The number of hydrogen-bond acceptors (Lipinski definition) is 8. The van der Waals surface area contributed by atoms with Gasteiger partial charge in [0.05, 0.1) is 11.9 Å². The molecule has 11 nitrogen and oxygen atoms in total. The first-order chi connectivity index (χ1) is 16.0. The lowest BCUT2D eigenvalue weighted by atomic mass is 10.2. The van der Waals surface area contributed by atoms with Crippen molar-refractivity contribution >= 4 is 27.1 Å². The van der Waals surface area contributed by atoms with Crippen molar-refractivity contribution in [3.8, 4) is 5.75 Å². The quantitative estimate of drug-likeness (QED) is 0.518. The molecule has 0 saturated carbocycles. The summed E-state index contributed by atoms with van der Waals surface area (Å²) in [5.41, 5.74) is 0.567. The summed E-state index contributed by atoms with van der Waals surface area (Å²) in [7, 11) is -2.12. The average molecular weight is 489 g/mol. The average Bonchev–Trinajstić information content (AvgIpc) is 3.13. The van der Waals surface area contributed by atoms with Crippen LogP contribution < -0.4 is 15.3 Å². The molecule has 3 aromatic rings. The predicted octanol–water partition coefficient (Wildman–Crippen LogP) is 0.821. The van der Waals surface area contributed by atoms with E-state index in [0.29, 0.717) is 26.2 Å². The number of rotatable bonds is 5. The first-order valence-corrected chi connectivity index (χ1v) is 12.4. The van der Waals surface area contributed by atoms with E-state index in [4.69, 9.17) is 4.74 Å². The van der Waals surface area contributed by atoms with Gasteiger partial charge in [-0.15, -0.1) is 10.2 Å². The molecule has 34 heavy (non-hydrogen) atoms. The van der Waals surface area contributed by atoms with Crippen molar-refractivity contribution in [1.29, 1.82) is 0 Å². The summed E-state index contributed by atoms with van der Waals surface area (Å²) >= 11 is 0. The van der Waals surface area contributed by atoms with Gasteiger partial charge in [-0.25, -0.2) is 17.9 Å². The van der Waals surface area contributed by atoms with Crippen molar-refractivity contribution in [3.63, 3.8) is 0 Å². The lowest BCUT2D eigenvalue weighted by Crippen LogP contribution is -2.50. The third kappa shape index (κ3) is 4.37. The molecule has 0 radical (unpaired) electrons. The second-order valence-corrected chi connectivity index (χ2v) is 11.7. The fourth-order valence-corrected chi connectivity index (χ4v) is 4.75. The van der Waals surface area contributed by atoms with Crippen molar-refractivity contribution < 1.29 is 17.9 Å². The smallest absolute Gasteiger partial charge is 0.367 e. The molecular formula is C22H28N6O5S. The van der Waals surface area contributed by atoms with Gasteiger partial charge in [0.2, 0.25) is 15.7 Å². The Morgan fingerprint density at radius 3 is 2.24 bits per heavy atom. The second-order valence-electron chi connectivity index (χ2n) is 9.06. The van der Waals surface area contributed by atoms with E-state index in [1.807, 2.05) is 24.3 Å². The van der Waals surface area contributed by atoms with Gasteiger partial charge in [-0.05, 0) is 57.2 Å². The van der Waals surface area contributed by atoms with E-state index in [1.54, 1.807) is 32.8 Å². The summed E-state index contributed by atoms with van der Waals surface area (Å²) in [6.45, 7) is 6.79. The van der Waals surface area contributed by atoms with Gasteiger partial charge in [0, 0.05) is 31.9 Å². The van der Waals surface area contributed by atoms with Gasteiger partial charge < -0.3 is 14.5 Å². The fourth-order valence-electron chi connectivity index (χ4n) is 3.69. The Balaban J connectivity index is 1.46. The summed E-state index contributed by atoms with van der Waals surface area (Å²) in [5.74, 6) is 0.551. The second kappa shape index (κ2) is 8.75. The van der Waals surface area contributed by atoms with E-state index >= 15 is 0 Å². The normalized spacial score (nSPS) is 15.1. The third-order valence-electron chi connectivity index (χ3n) is 5.85. The molecule has 0 spiro atoms. The van der Waals surface area contributed by atoms with E-state index in [-0.39, 0.29) is 23.1 Å². The van der Waals surface area contributed by atoms with Gasteiger partial charge >= 0.3 is 5.69 Å². The summed E-state index contributed by atoms with van der Waals surface area (Å²) in [4.78, 5) is 29.5. The maximum Gasteiger partial charge on any atom is 0.367 e. The SMILES string of the molecule is COc1ccc(N2CCN(C(=O)Cn3nc4ccc(S(=O)(=O)C(C)(C)C)nn4c3=O)CC2)cc1.